The van der Waals surface area contributed by atoms with Crippen LogP contribution in [-0.2, 0) is 4.74 Å². The molecule has 2 heterocycles. The minimum atomic E-state index is 0.561. The first-order valence-corrected chi connectivity index (χ1v) is 6.65. The van der Waals surface area contributed by atoms with E-state index in [2.05, 4.69) is 45.1 Å². The van der Waals surface area contributed by atoms with Gasteiger partial charge in [-0.15, -0.1) is 0 Å². The van der Waals surface area contributed by atoms with E-state index in [0.29, 0.717) is 5.41 Å². The largest absolute Gasteiger partial charge is 0.381 e. The molecule has 86 valence electrons. The van der Waals surface area contributed by atoms with Gasteiger partial charge in [-0.1, -0.05) is 15.9 Å². The molecule has 0 saturated carbocycles. The van der Waals surface area contributed by atoms with Crippen molar-refractivity contribution in [2.45, 2.75) is 12.8 Å². The molecule has 1 spiro atoms. The molecule has 0 unspecified atom stereocenters. The third-order valence-electron chi connectivity index (χ3n) is 3.80. The molecule has 3 rings (SSSR count). The van der Waals surface area contributed by atoms with Gasteiger partial charge in [0.25, 0.3) is 0 Å². The Kier molecular flexibility index (Phi) is 2.68. The van der Waals surface area contributed by atoms with E-state index in [1.54, 1.807) is 0 Å². The van der Waals surface area contributed by atoms with Crippen molar-refractivity contribution in [3.63, 3.8) is 0 Å². The Morgan fingerprint density at radius 3 is 2.31 bits per heavy atom. The van der Waals surface area contributed by atoms with Gasteiger partial charge in [-0.2, -0.15) is 0 Å². The predicted molar refractivity (Wildman–Crippen MR) is 68.8 cm³/mol. The summed E-state index contributed by atoms with van der Waals surface area (Å²) < 4.78 is 6.58. The first kappa shape index (κ1) is 10.6. The van der Waals surface area contributed by atoms with E-state index in [1.807, 2.05) is 0 Å². The van der Waals surface area contributed by atoms with E-state index in [4.69, 9.17) is 4.74 Å². The molecule has 0 N–H and O–H groups in total. The Balaban J connectivity index is 1.66. The molecule has 16 heavy (non-hydrogen) atoms. The van der Waals surface area contributed by atoms with Crippen LogP contribution in [0.15, 0.2) is 28.7 Å². The number of hydrogen-bond acceptors (Lipinski definition) is 2. The molecule has 0 bridgehead atoms. The van der Waals surface area contributed by atoms with Crippen molar-refractivity contribution in [2.24, 2.45) is 5.41 Å². The molecular formula is C13H16BrNO. The summed E-state index contributed by atoms with van der Waals surface area (Å²) in [6.45, 7) is 4.32. The summed E-state index contributed by atoms with van der Waals surface area (Å²) in [7, 11) is 0. The van der Waals surface area contributed by atoms with E-state index < -0.39 is 0 Å². The first-order chi connectivity index (χ1) is 7.77. The minimum Gasteiger partial charge on any atom is -0.381 e. The molecular weight excluding hydrogens is 266 g/mol. The van der Waals surface area contributed by atoms with Crippen molar-refractivity contribution in [2.75, 3.05) is 31.2 Å². The van der Waals surface area contributed by atoms with Gasteiger partial charge in [-0.25, -0.2) is 0 Å². The average molecular weight is 282 g/mol. The molecule has 2 nitrogen and oxygen atoms in total. The molecule has 0 aromatic heterocycles. The highest BCUT2D eigenvalue weighted by atomic mass is 79.9. The van der Waals surface area contributed by atoms with Gasteiger partial charge >= 0.3 is 0 Å². The molecule has 2 aliphatic heterocycles. The Bertz CT molecular complexity index is 362. The summed E-state index contributed by atoms with van der Waals surface area (Å²) >= 11 is 3.47. The number of ether oxygens (including phenoxy) is 1. The third kappa shape index (κ3) is 1.87. The third-order valence-corrected chi connectivity index (χ3v) is 4.33. The second-order valence-electron chi connectivity index (χ2n) is 4.94. The molecule has 0 aliphatic carbocycles. The first-order valence-electron chi connectivity index (χ1n) is 5.86. The van der Waals surface area contributed by atoms with Crippen LogP contribution in [0.5, 0.6) is 0 Å². The van der Waals surface area contributed by atoms with Gasteiger partial charge in [0.1, 0.15) is 0 Å². The van der Waals surface area contributed by atoms with Crippen LogP contribution < -0.4 is 4.90 Å². The summed E-state index contributed by atoms with van der Waals surface area (Å²) in [5.74, 6) is 0. The summed E-state index contributed by atoms with van der Waals surface area (Å²) in [4.78, 5) is 2.47. The fourth-order valence-corrected chi connectivity index (χ4v) is 2.98. The Morgan fingerprint density at radius 1 is 1.06 bits per heavy atom. The van der Waals surface area contributed by atoms with Crippen LogP contribution >= 0.6 is 15.9 Å². The van der Waals surface area contributed by atoms with Crippen LogP contribution in [-0.4, -0.2) is 26.3 Å². The highest BCUT2D eigenvalue weighted by molar-refractivity contribution is 9.10. The van der Waals surface area contributed by atoms with Gasteiger partial charge in [-0.05, 0) is 37.1 Å². The van der Waals surface area contributed by atoms with E-state index in [-0.39, 0.29) is 0 Å². The molecule has 3 heteroatoms. The number of rotatable bonds is 1. The zero-order chi connectivity index (χ0) is 11.0. The van der Waals surface area contributed by atoms with Gasteiger partial charge < -0.3 is 9.64 Å². The van der Waals surface area contributed by atoms with Gasteiger partial charge in [0.2, 0.25) is 0 Å². The van der Waals surface area contributed by atoms with Gasteiger partial charge in [-0.3, -0.25) is 0 Å². The van der Waals surface area contributed by atoms with Crippen LogP contribution in [0, 0.1) is 5.41 Å². The number of halogens is 1. The summed E-state index contributed by atoms with van der Waals surface area (Å²) in [5, 5.41) is 0. The highest BCUT2D eigenvalue weighted by Gasteiger charge is 2.43. The Morgan fingerprint density at radius 2 is 1.69 bits per heavy atom. The smallest absolute Gasteiger partial charge is 0.0472 e. The fourth-order valence-electron chi connectivity index (χ4n) is 2.72. The standard InChI is InChI=1S/C13H16BrNO/c14-11-1-3-12(4-2-11)15-9-13(10-15)5-7-16-8-6-13/h1-4H,5-10H2. The number of hydrogen-bond donors (Lipinski definition) is 0. The zero-order valence-corrected chi connectivity index (χ0v) is 10.9. The molecule has 0 radical (unpaired) electrons. The second kappa shape index (κ2) is 4.04. The lowest BCUT2D eigenvalue weighted by Gasteiger charge is -2.53. The van der Waals surface area contributed by atoms with E-state index in [9.17, 15) is 0 Å². The van der Waals surface area contributed by atoms with Crippen LogP contribution in [0.4, 0.5) is 5.69 Å². The lowest BCUT2D eigenvalue weighted by atomic mass is 9.73. The SMILES string of the molecule is Brc1ccc(N2CC3(CCOCC3)C2)cc1. The maximum absolute atomic E-state index is 5.43. The van der Waals surface area contributed by atoms with E-state index >= 15 is 0 Å². The van der Waals surface area contributed by atoms with E-state index in [1.165, 1.54) is 31.6 Å². The molecule has 2 aliphatic rings. The number of benzene rings is 1. The summed E-state index contributed by atoms with van der Waals surface area (Å²) in [5.41, 5.74) is 1.91. The molecule has 1 aromatic carbocycles. The topological polar surface area (TPSA) is 12.5 Å². The molecule has 0 amide bonds. The number of anilines is 1. The van der Waals surface area contributed by atoms with Gasteiger partial charge in [0.15, 0.2) is 0 Å². The summed E-state index contributed by atoms with van der Waals surface area (Å²) in [6, 6.07) is 8.61. The van der Waals surface area contributed by atoms with Gasteiger partial charge in [0, 0.05) is 41.9 Å². The van der Waals surface area contributed by atoms with E-state index in [0.717, 1.165) is 17.7 Å². The molecule has 2 saturated heterocycles. The van der Waals surface area contributed by atoms with Crippen molar-refractivity contribution in [3.05, 3.63) is 28.7 Å². The quantitative estimate of drug-likeness (QED) is 0.785. The number of nitrogens with zero attached hydrogens (tertiary/aromatic N) is 1. The predicted octanol–water partition coefficient (Wildman–Crippen LogP) is 3.07. The molecule has 2 fully saturated rings. The van der Waals surface area contributed by atoms with Gasteiger partial charge in [0.05, 0.1) is 0 Å². The van der Waals surface area contributed by atoms with Crippen molar-refractivity contribution >= 4 is 21.6 Å². The van der Waals surface area contributed by atoms with Crippen molar-refractivity contribution in [1.82, 2.24) is 0 Å². The average Bonchev–Trinajstić information content (AvgIpc) is 2.28. The monoisotopic (exact) mass is 281 g/mol. The lowest BCUT2D eigenvalue weighted by molar-refractivity contribution is -0.000191. The lowest BCUT2D eigenvalue weighted by Crippen LogP contribution is -2.58. The molecule has 0 atom stereocenters. The van der Waals surface area contributed by atoms with Crippen LogP contribution in [0.2, 0.25) is 0 Å². The van der Waals surface area contributed by atoms with Crippen LogP contribution in [0.25, 0.3) is 0 Å². The Hall–Kier alpha value is -0.540. The van der Waals surface area contributed by atoms with Crippen molar-refractivity contribution in [3.8, 4) is 0 Å². The zero-order valence-electron chi connectivity index (χ0n) is 9.29. The fraction of sp³-hybridized carbons (Fsp3) is 0.538. The Labute approximate surface area is 105 Å². The van der Waals surface area contributed by atoms with Crippen LogP contribution in [0.3, 0.4) is 0 Å². The van der Waals surface area contributed by atoms with Crippen molar-refractivity contribution < 1.29 is 4.74 Å². The molecule has 1 aromatic rings. The second-order valence-corrected chi connectivity index (χ2v) is 5.86. The van der Waals surface area contributed by atoms with Crippen LogP contribution in [0.1, 0.15) is 12.8 Å². The minimum absolute atomic E-state index is 0.561. The normalized spacial score (nSPS) is 23.2. The maximum atomic E-state index is 5.43. The van der Waals surface area contributed by atoms with Crippen molar-refractivity contribution in [1.29, 1.82) is 0 Å². The highest BCUT2D eigenvalue weighted by Crippen LogP contribution is 2.42. The maximum Gasteiger partial charge on any atom is 0.0472 e. The summed E-state index contributed by atoms with van der Waals surface area (Å²) in [6.07, 6.45) is 2.47.